The van der Waals surface area contributed by atoms with Crippen LogP contribution in [0.3, 0.4) is 0 Å². The lowest BCUT2D eigenvalue weighted by Crippen LogP contribution is -1.91. The Hall–Kier alpha value is -0.300. The van der Waals surface area contributed by atoms with Crippen LogP contribution in [0.2, 0.25) is 0 Å². The topological polar surface area (TPSA) is 20.2 Å². The van der Waals surface area contributed by atoms with Gasteiger partial charge in [0.1, 0.15) is 0 Å². The molecule has 1 atom stereocenters. The predicted octanol–water partition coefficient (Wildman–Crippen LogP) is 2.89. The lowest BCUT2D eigenvalue weighted by molar-refractivity contribution is 0.244. The highest BCUT2D eigenvalue weighted by molar-refractivity contribution is 4.85. The van der Waals surface area contributed by atoms with Crippen molar-refractivity contribution in [3.05, 3.63) is 12.2 Å². The zero-order valence-corrected chi connectivity index (χ0v) is 7.71. The van der Waals surface area contributed by atoms with Crippen molar-refractivity contribution in [2.45, 2.75) is 52.1 Å². The SMILES string of the molecule is CCCCCC/C=C/C(C)O. The number of hydrogen-bond acceptors (Lipinski definition) is 1. The minimum atomic E-state index is -0.277. The summed E-state index contributed by atoms with van der Waals surface area (Å²) in [5, 5.41) is 8.87. The number of aliphatic hydroxyl groups is 1. The second-order valence-electron chi connectivity index (χ2n) is 3.02. The Morgan fingerprint density at radius 3 is 2.55 bits per heavy atom. The Morgan fingerprint density at radius 1 is 1.27 bits per heavy atom. The van der Waals surface area contributed by atoms with Crippen LogP contribution in [-0.2, 0) is 0 Å². The maximum atomic E-state index is 8.87. The number of hydrogen-bond donors (Lipinski definition) is 1. The fourth-order valence-electron chi connectivity index (χ4n) is 0.982. The van der Waals surface area contributed by atoms with Gasteiger partial charge in [-0.2, -0.15) is 0 Å². The van der Waals surface area contributed by atoms with Crippen LogP contribution < -0.4 is 0 Å². The van der Waals surface area contributed by atoms with E-state index in [0.29, 0.717) is 0 Å². The summed E-state index contributed by atoms with van der Waals surface area (Å²) in [7, 11) is 0. The molecule has 1 N–H and O–H groups in total. The minimum Gasteiger partial charge on any atom is -0.389 e. The molecule has 0 aromatic rings. The fourth-order valence-corrected chi connectivity index (χ4v) is 0.982. The van der Waals surface area contributed by atoms with Gasteiger partial charge in [0, 0.05) is 0 Å². The lowest BCUT2D eigenvalue weighted by Gasteiger charge is -1.95. The highest BCUT2D eigenvalue weighted by Crippen LogP contribution is 2.02. The Balaban J connectivity index is 3.01. The van der Waals surface area contributed by atoms with Crippen molar-refractivity contribution in [1.29, 1.82) is 0 Å². The van der Waals surface area contributed by atoms with E-state index in [0.717, 1.165) is 6.42 Å². The van der Waals surface area contributed by atoms with Crippen LogP contribution in [0.15, 0.2) is 12.2 Å². The first-order valence-electron chi connectivity index (χ1n) is 4.62. The van der Waals surface area contributed by atoms with E-state index in [1.165, 1.54) is 25.7 Å². The van der Waals surface area contributed by atoms with Crippen molar-refractivity contribution >= 4 is 0 Å². The summed E-state index contributed by atoms with van der Waals surface area (Å²) in [5.41, 5.74) is 0. The van der Waals surface area contributed by atoms with Crippen molar-refractivity contribution in [1.82, 2.24) is 0 Å². The molecule has 0 saturated carbocycles. The Bertz CT molecular complexity index is 95.0. The van der Waals surface area contributed by atoms with Crippen LogP contribution in [-0.4, -0.2) is 11.2 Å². The monoisotopic (exact) mass is 156 g/mol. The highest BCUT2D eigenvalue weighted by Gasteiger charge is 1.86. The quantitative estimate of drug-likeness (QED) is 0.463. The maximum absolute atomic E-state index is 8.87. The summed E-state index contributed by atoms with van der Waals surface area (Å²) in [5.74, 6) is 0. The number of aliphatic hydroxyl groups excluding tert-OH is 1. The molecule has 0 aliphatic heterocycles. The maximum Gasteiger partial charge on any atom is 0.0692 e. The molecule has 1 heteroatoms. The normalized spacial score (nSPS) is 14.1. The number of unbranched alkanes of at least 4 members (excludes halogenated alkanes) is 4. The summed E-state index contributed by atoms with van der Waals surface area (Å²) in [4.78, 5) is 0. The molecule has 0 saturated heterocycles. The molecule has 1 unspecified atom stereocenters. The average Bonchev–Trinajstić information content (AvgIpc) is 1.96. The van der Waals surface area contributed by atoms with E-state index < -0.39 is 0 Å². The van der Waals surface area contributed by atoms with Gasteiger partial charge in [-0.25, -0.2) is 0 Å². The van der Waals surface area contributed by atoms with Gasteiger partial charge in [-0.3, -0.25) is 0 Å². The Kier molecular flexibility index (Phi) is 7.59. The van der Waals surface area contributed by atoms with Gasteiger partial charge in [0.05, 0.1) is 6.10 Å². The Morgan fingerprint density at radius 2 is 2.00 bits per heavy atom. The summed E-state index contributed by atoms with van der Waals surface area (Å²) in [6.07, 6.45) is 9.97. The van der Waals surface area contributed by atoms with E-state index in [2.05, 4.69) is 13.0 Å². The van der Waals surface area contributed by atoms with Crippen LogP contribution in [0.25, 0.3) is 0 Å². The van der Waals surface area contributed by atoms with Crippen molar-refractivity contribution in [3.63, 3.8) is 0 Å². The van der Waals surface area contributed by atoms with Crippen LogP contribution in [0.1, 0.15) is 46.0 Å². The molecule has 0 aliphatic carbocycles. The summed E-state index contributed by atoms with van der Waals surface area (Å²) < 4.78 is 0. The molecule has 1 nitrogen and oxygen atoms in total. The number of rotatable bonds is 6. The zero-order chi connectivity index (χ0) is 8.53. The van der Waals surface area contributed by atoms with Gasteiger partial charge >= 0.3 is 0 Å². The number of allylic oxidation sites excluding steroid dienone is 1. The molecule has 0 radical (unpaired) electrons. The van der Waals surface area contributed by atoms with Crippen molar-refractivity contribution < 1.29 is 5.11 Å². The molecule has 0 aliphatic rings. The molecule has 66 valence electrons. The van der Waals surface area contributed by atoms with Gasteiger partial charge in [-0.1, -0.05) is 38.3 Å². The molecule has 0 heterocycles. The molecule has 0 aromatic heterocycles. The Labute approximate surface area is 70.1 Å². The predicted molar refractivity (Wildman–Crippen MR) is 49.6 cm³/mol. The second kappa shape index (κ2) is 7.80. The molecule has 0 rings (SSSR count). The van der Waals surface area contributed by atoms with E-state index in [1.54, 1.807) is 6.92 Å². The lowest BCUT2D eigenvalue weighted by atomic mass is 10.1. The molecule has 0 fully saturated rings. The van der Waals surface area contributed by atoms with Gasteiger partial charge < -0.3 is 5.11 Å². The van der Waals surface area contributed by atoms with Crippen LogP contribution in [0.4, 0.5) is 0 Å². The van der Waals surface area contributed by atoms with Gasteiger partial charge in [0.15, 0.2) is 0 Å². The van der Waals surface area contributed by atoms with Crippen molar-refractivity contribution in [2.75, 3.05) is 0 Å². The third-order valence-corrected chi connectivity index (χ3v) is 1.64. The first-order valence-corrected chi connectivity index (χ1v) is 4.62. The third kappa shape index (κ3) is 9.70. The molecular formula is C10H20O. The largest absolute Gasteiger partial charge is 0.389 e. The smallest absolute Gasteiger partial charge is 0.0692 e. The zero-order valence-electron chi connectivity index (χ0n) is 7.71. The van der Waals surface area contributed by atoms with E-state index in [9.17, 15) is 0 Å². The standard InChI is InChI=1S/C10H20O/c1-3-4-5-6-7-8-9-10(2)11/h8-11H,3-7H2,1-2H3/b9-8+. The van der Waals surface area contributed by atoms with Crippen LogP contribution in [0, 0.1) is 0 Å². The summed E-state index contributed by atoms with van der Waals surface area (Å²) in [6, 6.07) is 0. The fraction of sp³-hybridized carbons (Fsp3) is 0.800. The molecule has 0 bridgehead atoms. The molecule has 0 aromatic carbocycles. The summed E-state index contributed by atoms with van der Waals surface area (Å²) >= 11 is 0. The van der Waals surface area contributed by atoms with E-state index in [4.69, 9.17) is 5.11 Å². The molecule has 0 spiro atoms. The van der Waals surface area contributed by atoms with Crippen LogP contribution in [0.5, 0.6) is 0 Å². The molecular weight excluding hydrogens is 136 g/mol. The first-order chi connectivity index (χ1) is 5.27. The van der Waals surface area contributed by atoms with E-state index >= 15 is 0 Å². The molecule has 0 amide bonds. The van der Waals surface area contributed by atoms with E-state index in [1.807, 2.05) is 6.08 Å². The van der Waals surface area contributed by atoms with Crippen LogP contribution >= 0.6 is 0 Å². The summed E-state index contributed by atoms with van der Waals surface area (Å²) in [6.45, 7) is 3.99. The van der Waals surface area contributed by atoms with Crippen molar-refractivity contribution in [3.8, 4) is 0 Å². The second-order valence-corrected chi connectivity index (χ2v) is 3.02. The van der Waals surface area contributed by atoms with Crippen molar-refractivity contribution in [2.24, 2.45) is 0 Å². The van der Waals surface area contributed by atoms with Gasteiger partial charge in [-0.15, -0.1) is 0 Å². The van der Waals surface area contributed by atoms with Gasteiger partial charge in [0.2, 0.25) is 0 Å². The minimum absolute atomic E-state index is 0.277. The molecule has 11 heavy (non-hydrogen) atoms. The van der Waals surface area contributed by atoms with Gasteiger partial charge in [0.25, 0.3) is 0 Å². The van der Waals surface area contributed by atoms with Gasteiger partial charge in [-0.05, 0) is 19.8 Å². The first kappa shape index (κ1) is 10.7. The highest BCUT2D eigenvalue weighted by atomic mass is 16.3. The van der Waals surface area contributed by atoms with E-state index in [-0.39, 0.29) is 6.10 Å². The average molecular weight is 156 g/mol. The third-order valence-electron chi connectivity index (χ3n) is 1.64.